The average molecular weight is 613 g/mol. The molecule has 0 N–H and O–H groups in total. The summed E-state index contributed by atoms with van der Waals surface area (Å²) in [6.45, 7) is 6.50. The average Bonchev–Trinajstić information content (AvgIpc) is 3.10. The van der Waals surface area contributed by atoms with E-state index in [1.807, 2.05) is 18.2 Å². The van der Waals surface area contributed by atoms with E-state index in [4.69, 9.17) is 0 Å². The Labute approximate surface area is 280 Å². The van der Waals surface area contributed by atoms with Gasteiger partial charge in [-0.25, -0.2) is 0 Å². The molecule has 48 heavy (non-hydrogen) atoms. The van der Waals surface area contributed by atoms with Gasteiger partial charge in [-0.15, -0.1) is 0 Å². The molecule has 0 radical (unpaired) electrons. The molecule has 7 aromatic carbocycles. The molecule has 0 atom stereocenters. The Hall–Kier alpha value is -6.30. The molecule has 7 aromatic rings. The molecular weight excluding hydrogens is 583 g/mol. The Kier molecular flexibility index (Phi) is 6.04. The maximum absolute atomic E-state index is 10.2. The number of fused-ring (bicyclic) bond motifs is 7. The summed E-state index contributed by atoms with van der Waals surface area (Å²) in [6, 6.07) is 47.5. The van der Waals surface area contributed by atoms with E-state index < -0.39 is 0 Å². The second kappa shape index (κ2) is 10.4. The van der Waals surface area contributed by atoms with Crippen LogP contribution >= 0.6 is 0 Å². The van der Waals surface area contributed by atoms with E-state index in [1.165, 1.54) is 33.0 Å². The van der Waals surface area contributed by atoms with Crippen LogP contribution in [-0.2, 0) is 0 Å². The highest BCUT2D eigenvalue weighted by atomic mass is 15.3. The van der Waals surface area contributed by atoms with Crippen molar-refractivity contribution in [3.63, 3.8) is 0 Å². The fraction of sp³-hybridized carbons (Fsp3) is 0.0698. The van der Waals surface area contributed by atoms with Gasteiger partial charge in [-0.3, -0.25) is 0 Å². The molecule has 0 spiro atoms. The van der Waals surface area contributed by atoms with Gasteiger partial charge in [0.1, 0.15) is 0 Å². The first-order chi connectivity index (χ1) is 23.4. The van der Waals surface area contributed by atoms with Crippen LogP contribution in [0.5, 0.6) is 0 Å². The van der Waals surface area contributed by atoms with Gasteiger partial charge in [0.05, 0.1) is 46.0 Å². The van der Waals surface area contributed by atoms with E-state index in [2.05, 4.69) is 146 Å². The SMILES string of the molecule is Cc1cc(C)c(B2c3cc(C#N)ccc3N3c4cc5ccccc5cc4N(c4ccc(C#N)cc4)c4cc5ccccc5c2c43)c(C)c1. The van der Waals surface area contributed by atoms with Gasteiger partial charge in [0.25, 0.3) is 0 Å². The fourth-order valence-electron chi connectivity index (χ4n) is 8.25. The molecule has 0 unspecified atom stereocenters. The van der Waals surface area contributed by atoms with Gasteiger partial charge in [0.15, 0.2) is 0 Å². The van der Waals surface area contributed by atoms with Crippen molar-refractivity contribution in [1.82, 2.24) is 0 Å². The highest BCUT2D eigenvalue weighted by Gasteiger charge is 2.43. The Morgan fingerprint density at radius 1 is 0.521 bits per heavy atom. The lowest BCUT2D eigenvalue weighted by Crippen LogP contribution is -2.59. The minimum atomic E-state index is -0.102. The van der Waals surface area contributed by atoms with Crippen molar-refractivity contribution in [2.75, 3.05) is 9.80 Å². The highest BCUT2D eigenvalue weighted by molar-refractivity contribution is 7.00. The third kappa shape index (κ3) is 3.95. The zero-order valence-electron chi connectivity index (χ0n) is 26.9. The summed E-state index contributed by atoms with van der Waals surface area (Å²) in [7, 11) is 0. The summed E-state index contributed by atoms with van der Waals surface area (Å²) in [5.74, 6) is 0. The molecular formula is C43H29BN4. The van der Waals surface area contributed by atoms with Gasteiger partial charge in [0, 0.05) is 11.4 Å². The molecule has 5 heteroatoms. The maximum atomic E-state index is 10.2. The van der Waals surface area contributed by atoms with Crippen LogP contribution < -0.4 is 26.2 Å². The standard InChI is InChI=1S/C43H29BN4/c1-26-18-27(2)41(28(3)19-26)44-36-20-30(25-46)14-17-37(36)48-39-22-32-9-5-4-8-31(32)21-38(39)47(34-15-12-29(24-45)13-16-34)40-23-33-10-6-7-11-35(33)42(44)43(40)48/h4-23H,1-3H3. The summed E-state index contributed by atoms with van der Waals surface area (Å²) in [5, 5.41) is 24.5. The lowest BCUT2D eigenvalue weighted by Gasteiger charge is -2.46. The second-order valence-corrected chi connectivity index (χ2v) is 13.0. The Balaban J connectivity index is 1.48. The largest absolute Gasteiger partial charge is 0.307 e. The van der Waals surface area contributed by atoms with Gasteiger partial charge in [-0.2, -0.15) is 10.5 Å². The molecule has 0 aliphatic carbocycles. The fourth-order valence-corrected chi connectivity index (χ4v) is 8.25. The van der Waals surface area contributed by atoms with E-state index in [9.17, 15) is 10.5 Å². The van der Waals surface area contributed by atoms with E-state index in [0.29, 0.717) is 11.1 Å². The lowest BCUT2D eigenvalue weighted by atomic mass is 9.33. The molecule has 2 aliphatic heterocycles. The number of hydrogen-bond donors (Lipinski definition) is 0. The van der Waals surface area contributed by atoms with E-state index in [0.717, 1.165) is 55.7 Å². The maximum Gasteiger partial charge on any atom is 0.248 e. The summed E-state index contributed by atoms with van der Waals surface area (Å²) < 4.78 is 0. The number of aryl methyl sites for hydroxylation is 3. The normalized spacial score (nSPS) is 12.7. The number of benzene rings is 7. The second-order valence-electron chi connectivity index (χ2n) is 13.0. The van der Waals surface area contributed by atoms with Crippen LogP contribution in [0.3, 0.4) is 0 Å². The van der Waals surface area contributed by atoms with E-state index in [-0.39, 0.29) is 6.71 Å². The van der Waals surface area contributed by atoms with Crippen LogP contribution in [0, 0.1) is 43.4 Å². The first kappa shape index (κ1) is 28.0. The van der Waals surface area contributed by atoms with Gasteiger partial charge in [0.2, 0.25) is 6.71 Å². The van der Waals surface area contributed by atoms with Gasteiger partial charge < -0.3 is 9.80 Å². The summed E-state index contributed by atoms with van der Waals surface area (Å²) in [6.07, 6.45) is 0. The summed E-state index contributed by atoms with van der Waals surface area (Å²) >= 11 is 0. The number of rotatable bonds is 2. The predicted octanol–water partition coefficient (Wildman–Crippen LogP) is 8.74. The molecule has 9 rings (SSSR count). The smallest absolute Gasteiger partial charge is 0.248 e. The van der Waals surface area contributed by atoms with Crippen molar-refractivity contribution in [1.29, 1.82) is 10.5 Å². The number of nitrogens with zero attached hydrogens (tertiary/aromatic N) is 4. The molecule has 0 saturated heterocycles. The third-order valence-electron chi connectivity index (χ3n) is 10.1. The Morgan fingerprint density at radius 3 is 1.77 bits per heavy atom. The minimum Gasteiger partial charge on any atom is -0.307 e. The van der Waals surface area contributed by atoms with Crippen molar-refractivity contribution >= 4 is 78.8 Å². The zero-order valence-corrected chi connectivity index (χ0v) is 26.9. The molecule has 2 aliphatic rings. The van der Waals surface area contributed by atoms with Crippen molar-refractivity contribution in [3.8, 4) is 12.1 Å². The number of anilines is 6. The molecule has 0 bridgehead atoms. The van der Waals surface area contributed by atoms with Crippen LogP contribution in [0.15, 0.2) is 121 Å². The summed E-state index contributed by atoms with van der Waals surface area (Å²) in [4.78, 5) is 4.80. The highest BCUT2D eigenvalue weighted by Crippen LogP contribution is 2.56. The number of nitriles is 2. The van der Waals surface area contributed by atoms with Gasteiger partial charge >= 0.3 is 0 Å². The molecule has 0 saturated carbocycles. The lowest BCUT2D eigenvalue weighted by molar-refractivity contribution is 1.18. The summed E-state index contributed by atoms with van der Waals surface area (Å²) in [5.41, 5.74) is 15.1. The molecule has 224 valence electrons. The monoisotopic (exact) mass is 612 g/mol. The van der Waals surface area contributed by atoms with Crippen LogP contribution in [0.2, 0.25) is 0 Å². The number of hydrogen-bond acceptors (Lipinski definition) is 4. The topological polar surface area (TPSA) is 54.1 Å². The molecule has 0 aromatic heterocycles. The van der Waals surface area contributed by atoms with Crippen molar-refractivity contribution in [2.24, 2.45) is 0 Å². The van der Waals surface area contributed by atoms with Crippen molar-refractivity contribution < 1.29 is 0 Å². The first-order valence-corrected chi connectivity index (χ1v) is 16.3. The van der Waals surface area contributed by atoms with Crippen LogP contribution in [-0.4, -0.2) is 6.71 Å². The van der Waals surface area contributed by atoms with Gasteiger partial charge in [-0.05, 0) is 114 Å². The predicted molar refractivity (Wildman–Crippen MR) is 199 cm³/mol. The molecule has 0 fully saturated rings. The van der Waals surface area contributed by atoms with Gasteiger partial charge in [-0.1, -0.05) is 82.8 Å². The van der Waals surface area contributed by atoms with E-state index in [1.54, 1.807) is 0 Å². The first-order valence-electron chi connectivity index (χ1n) is 16.3. The van der Waals surface area contributed by atoms with Crippen molar-refractivity contribution in [2.45, 2.75) is 20.8 Å². The zero-order chi connectivity index (χ0) is 32.7. The molecule has 0 amide bonds. The van der Waals surface area contributed by atoms with E-state index >= 15 is 0 Å². The Morgan fingerprint density at radius 2 is 1.10 bits per heavy atom. The molecule has 2 heterocycles. The minimum absolute atomic E-state index is 0.102. The Bertz CT molecular complexity index is 2570. The van der Waals surface area contributed by atoms with Crippen LogP contribution in [0.25, 0.3) is 21.5 Å². The van der Waals surface area contributed by atoms with Crippen molar-refractivity contribution in [3.05, 3.63) is 149 Å². The molecule has 4 nitrogen and oxygen atoms in total. The van der Waals surface area contributed by atoms with Crippen LogP contribution in [0.1, 0.15) is 27.8 Å². The quantitative estimate of drug-likeness (QED) is 0.183. The van der Waals surface area contributed by atoms with Crippen LogP contribution in [0.4, 0.5) is 34.1 Å². The third-order valence-corrected chi connectivity index (χ3v) is 10.1.